The molecule has 0 bridgehead atoms. The molecule has 1 aliphatic carbocycles. The van der Waals surface area contributed by atoms with Gasteiger partial charge in [0.1, 0.15) is 17.3 Å². The molecule has 6 rings (SSSR count). The number of benzene rings is 1. The van der Waals surface area contributed by atoms with Crippen LogP contribution in [0.25, 0.3) is 28.2 Å². The summed E-state index contributed by atoms with van der Waals surface area (Å²) >= 11 is 0. The van der Waals surface area contributed by atoms with E-state index in [0.717, 1.165) is 41.3 Å². The summed E-state index contributed by atoms with van der Waals surface area (Å²) in [5, 5.41) is 7.96. The van der Waals surface area contributed by atoms with E-state index < -0.39 is 0 Å². The van der Waals surface area contributed by atoms with Crippen LogP contribution in [0.3, 0.4) is 0 Å². The minimum absolute atomic E-state index is 0.188. The number of fused-ring (bicyclic) bond motifs is 1. The highest BCUT2D eigenvalue weighted by Gasteiger charge is 2.29. The van der Waals surface area contributed by atoms with E-state index >= 15 is 0 Å². The molecular formula is C26H22N6O2. The molecule has 8 nitrogen and oxygen atoms in total. The molecule has 4 heterocycles. The predicted molar refractivity (Wildman–Crippen MR) is 126 cm³/mol. The second-order valence-corrected chi connectivity index (χ2v) is 8.50. The van der Waals surface area contributed by atoms with Gasteiger partial charge in [0.25, 0.3) is 11.6 Å². The van der Waals surface area contributed by atoms with Crippen LogP contribution in [0.5, 0.6) is 0 Å². The quantitative estimate of drug-likeness (QED) is 0.406. The summed E-state index contributed by atoms with van der Waals surface area (Å²) < 4.78 is 7.49. The van der Waals surface area contributed by atoms with Crippen molar-refractivity contribution in [3.63, 3.8) is 0 Å². The molecule has 8 heteroatoms. The van der Waals surface area contributed by atoms with Gasteiger partial charge in [0.15, 0.2) is 0 Å². The Morgan fingerprint density at radius 3 is 2.74 bits per heavy atom. The first-order chi connectivity index (χ1) is 16.7. The number of nitrogens with zero attached hydrogens (tertiary/aromatic N) is 5. The summed E-state index contributed by atoms with van der Waals surface area (Å²) in [6.07, 6.45) is 7.49. The molecule has 1 aromatic carbocycles. The molecule has 4 aromatic heterocycles. The molecule has 1 N–H and O–H groups in total. The van der Waals surface area contributed by atoms with Crippen molar-refractivity contribution in [1.29, 1.82) is 0 Å². The summed E-state index contributed by atoms with van der Waals surface area (Å²) in [7, 11) is 0. The molecule has 34 heavy (non-hydrogen) atoms. The maximum Gasteiger partial charge on any atom is 0.259 e. The van der Waals surface area contributed by atoms with Gasteiger partial charge in [0.05, 0.1) is 10.9 Å². The third-order valence-corrected chi connectivity index (χ3v) is 6.09. The maximum atomic E-state index is 13.4. The SMILES string of the molecule is Cc1nccn1-c1cc(CNC(=O)c2cc(C3CC3)nc3onc(-c4ccccc4)c23)ccn1. The Bertz CT molecular complexity index is 1500. The zero-order valence-electron chi connectivity index (χ0n) is 18.6. The van der Waals surface area contributed by atoms with Crippen molar-refractivity contribution in [1.82, 2.24) is 30.0 Å². The molecule has 1 aliphatic rings. The first-order valence-electron chi connectivity index (χ1n) is 11.3. The fourth-order valence-corrected chi connectivity index (χ4v) is 4.13. The van der Waals surface area contributed by atoms with Gasteiger partial charge in [-0.15, -0.1) is 0 Å². The van der Waals surface area contributed by atoms with Crippen LogP contribution in [0, 0.1) is 6.92 Å². The highest BCUT2D eigenvalue weighted by Crippen LogP contribution is 2.41. The monoisotopic (exact) mass is 450 g/mol. The van der Waals surface area contributed by atoms with Crippen molar-refractivity contribution in [3.05, 3.63) is 89.8 Å². The zero-order valence-corrected chi connectivity index (χ0v) is 18.6. The molecule has 0 aliphatic heterocycles. The lowest BCUT2D eigenvalue weighted by Crippen LogP contribution is -2.23. The molecule has 0 atom stereocenters. The maximum absolute atomic E-state index is 13.4. The van der Waals surface area contributed by atoms with Crippen LogP contribution in [0.15, 0.2) is 71.6 Å². The zero-order chi connectivity index (χ0) is 23.1. The van der Waals surface area contributed by atoms with Gasteiger partial charge in [0, 0.05) is 42.3 Å². The van der Waals surface area contributed by atoms with Crippen molar-refractivity contribution in [3.8, 4) is 17.1 Å². The number of nitrogens with one attached hydrogen (secondary N) is 1. The van der Waals surface area contributed by atoms with Gasteiger partial charge in [-0.2, -0.15) is 0 Å². The molecule has 1 saturated carbocycles. The van der Waals surface area contributed by atoms with Crippen LogP contribution in [0.2, 0.25) is 0 Å². The van der Waals surface area contributed by atoms with Gasteiger partial charge >= 0.3 is 0 Å². The van der Waals surface area contributed by atoms with Crippen LogP contribution in [0.1, 0.15) is 46.2 Å². The third-order valence-electron chi connectivity index (χ3n) is 6.09. The Kier molecular flexibility index (Phi) is 4.91. The Morgan fingerprint density at radius 2 is 1.97 bits per heavy atom. The molecule has 0 saturated heterocycles. The van der Waals surface area contributed by atoms with Crippen LogP contribution in [-0.4, -0.2) is 30.6 Å². The number of imidazole rings is 1. The molecule has 1 fully saturated rings. The lowest BCUT2D eigenvalue weighted by Gasteiger charge is -2.10. The first-order valence-corrected chi connectivity index (χ1v) is 11.3. The largest absolute Gasteiger partial charge is 0.348 e. The van der Waals surface area contributed by atoms with Crippen LogP contribution in [0.4, 0.5) is 0 Å². The van der Waals surface area contributed by atoms with Crippen LogP contribution < -0.4 is 5.32 Å². The van der Waals surface area contributed by atoms with E-state index in [0.29, 0.717) is 34.8 Å². The van der Waals surface area contributed by atoms with Gasteiger partial charge in [-0.05, 0) is 43.5 Å². The number of carbonyl (C=O) groups excluding carboxylic acids is 1. The van der Waals surface area contributed by atoms with E-state index in [9.17, 15) is 4.79 Å². The van der Waals surface area contributed by atoms with E-state index in [-0.39, 0.29) is 5.91 Å². The molecule has 0 radical (unpaired) electrons. The second-order valence-electron chi connectivity index (χ2n) is 8.50. The van der Waals surface area contributed by atoms with Gasteiger partial charge in [-0.3, -0.25) is 9.36 Å². The van der Waals surface area contributed by atoms with Gasteiger partial charge < -0.3 is 9.84 Å². The van der Waals surface area contributed by atoms with Crippen molar-refractivity contribution in [2.75, 3.05) is 0 Å². The minimum atomic E-state index is -0.188. The van der Waals surface area contributed by atoms with E-state index in [1.54, 1.807) is 12.4 Å². The predicted octanol–water partition coefficient (Wildman–Crippen LogP) is 4.59. The van der Waals surface area contributed by atoms with Crippen LogP contribution in [-0.2, 0) is 6.54 Å². The van der Waals surface area contributed by atoms with Crippen molar-refractivity contribution >= 4 is 17.0 Å². The standard InChI is InChI=1S/C26H22N6O2/c1-16-27-11-12-32(16)22-13-17(9-10-28-22)15-29-25(33)20-14-21(18-7-8-18)30-26-23(20)24(31-34-26)19-5-3-2-4-6-19/h2-6,9-14,18H,7-8,15H2,1H3,(H,29,33). The fraction of sp³-hybridized carbons (Fsp3) is 0.192. The number of amides is 1. The fourth-order valence-electron chi connectivity index (χ4n) is 4.13. The van der Waals surface area contributed by atoms with Gasteiger partial charge in [0.2, 0.25) is 0 Å². The van der Waals surface area contributed by atoms with E-state index in [4.69, 9.17) is 4.52 Å². The number of aromatic nitrogens is 5. The molecule has 5 aromatic rings. The average Bonchev–Trinajstić information content (AvgIpc) is 3.50. The number of rotatable bonds is 6. The van der Waals surface area contributed by atoms with E-state index in [1.807, 2.05) is 66.2 Å². The summed E-state index contributed by atoms with van der Waals surface area (Å²) in [5.74, 6) is 1.80. The van der Waals surface area contributed by atoms with Crippen molar-refractivity contribution < 1.29 is 9.32 Å². The summed E-state index contributed by atoms with van der Waals surface area (Å²) in [5.41, 5.74) is 4.26. The van der Waals surface area contributed by atoms with Gasteiger partial charge in [-0.25, -0.2) is 15.0 Å². The first kappa shape index (κ1) is 20.3. The number of hydrogen-bond acceptors (Lipinski definition) is 6. The summed E-state index contributed by atoms with van der Waals surface area (Å²) in [6.45, 7) is 2.28. The smallest absolute Gasteiger partial charge is 0.259 e. The lowest BCUT2D eigenvalue weighted by molar-refractivity contribution is 0.0952. The van der Waals surface area contributed by atoms with E-state index in [1.165, 1.54) is 0 Å². The van der Waals surface area contributed by atoms with Crippen molar-refractivity contribution in [2.45, 2.75) is 32.2 Å². The second kappa shape index (κ2) is 8.22. The molecule has 168 valence electrons. The van der Waals surface area contributed by atoms with Gasteiger partial charge in [-0.1, -0.05) is 35.5 Å². The third kappa shape index (κ3) is 3.73. The molecule has 1 amide bonds. The van der Waals surface area contributed by atoms with Crippen LogP contribution >= 0.6 is 0 Å². The Balaban J connectivity index is 1.33. The highest BCUT2D eigenvalue weighted by atomic mass is 16.5. The summed E-state index contributed by atoms with van der Waals surface area (Å²) in [6, 6.07) is 15.4. The Morgan fingerprint density at radius 1 is 1.12 bits per heavy atom. The van der Waals surface area contributed by atoms with Crippen molar-refractivity contribution in [2.24, 2.45) is 0 Å². The van der Waals surface area contributed by atoms with E-state index in [2.05, 4.69) is 25.4 Å². The minimum Gasteiger partial charge on any atom is -0.348 e. The number of pyridine rings is 2. The highest BCUT2D eigenvalue weighted by molar-refractivity contribution is 6.09. The Hall–Kier alpha value is -4.33. The Labute approximate surface area is 195 Å². The molecule has 0 unspecified atom stereocenters. The normalized spacial score (nSPS) is 13.3. The average molecular weight is 451 g/mol. The topological polar surface area (TPSA) is 98.7 Å². The summed E-state index contributed by atoms with van der Waals surface area (Å²) in [4.78, 5) is 26.8. The number of hydrogen-bond donors (Lipinski definition) is 1. The molecular weight excluding hydrogens is 428 g/mol. The number of carbonyl (C=O) groups is 1. The lowest BCUT2D eigenvalue weighted by atomic mass is 10.0. The number of aryl methyl sites for hydroxylation is 1. The molecule has 0 spiro atoms.